The number of carbonyl (C=O) groups is 2. The Bertz CT molecular complexity index is 1210. The summed E-state index contributed by atoms with van der Waals surface area (Å²) in [4.78, 5) is 26.0. The number of urea groups is 1. The number of hydrogen-bond acceptors (Lipinski definition) is 8. The number of ketones is 1. The molecule has 0 aliphatic carbocycles. The largest absolute Gasteiger partial charge is 0.378 e. The van der Waals surface area contributed by atoms with Crippen LogP contribution in [0.4, 0.5) is 16.2 Å². The molecule has 2 saturated heterocycles. The van der Waals surface area contributed by atoms with Crippen LogP contribution in [-0.4, -0.2) is 77.6 Å². The number of hydrogen-bond donors (Lipinski definition) is 2. The second kappa shape index (κ2) is 9.43. The molecule has 1 aromatic heterocycles. The van der Waals surface area contributed by atoms with Gasteiger partial charge in [-0.2, -0.15) is 0 Å². The summed E-state index contributed by atoms with van der Waals surface area (Å²) in [5.41, 5.74) is 3.15. The van der Waals surface area contributed by atoms with E-state index in [0.717, 1.165) is 11.3 Å². The second-order valence-corrected chi connectivity index (χ2v) is 8.89. The van der Waals surface area contributed by atoms with E-state index in [-0.39, 0.29) is 36.1 Å². The first-order chi connectivity index (χ1) is 16.9. The molecule has 0 saturated carbocycles. The fourth-order valence-electron chi connectivity index (χ4n) is 4.45. The molecular weight excluding hydrogens is 450 g/mol. The third-order valence-corrected chi connectivity index (χ3v) is 6.34. The highest BCUT2D eigenvalue weighted by Gasteiger charge is 2.50. The van der Waals surface area contributed by atoms with Crippen LogP contribution in [0.15, 0.2) is 48.5 Å². The second-order valence-electron chi connectivity index (χ2n) is 8.89. The van der Waals surface area contributed by atoms with E-state index < -0.39 is 0 Å². The van der Waals surface area contributed by atoms with Gasteiger partial charge in [-0.25, -0.2) is 9.48 Å². The van der Waals surface area contributed by atoms with Crippen molar-refractivity contribution in [3.63, 3.8) is 0 Å². The number of amides is 2. The van der Waals surface area contributed by atoms with E-state index >= 15 is 0 Å². The molecule has 11 nitrogen and oxygen atoms in total. The normalized spacial score (nSPS) is 23.1. The topological polar surface area (TPSA) is 124 Å². The summed E-state index contributed by atoms with van der Waals surface area (Å²) in [7, 11) is 3.98. The number of nitrogens with one attached hydrogen (secondary N) is 2. The van der Waals surface area contributed by atoms with Crippen molar-refractivity contribution in [2.75, 3.05) is 37.5 Å². The summed E-state index contributed by atoms with van der Waals surface area (Å²) in [5, 5.41) is 18.0. The molecule has 3 aromatic rings. The van der Waals surface area contributed by atoms with Gasteiger partial charge in [0.15, 0.2) is 11.6 Å². The lowest BCUT2D eigenvalue weighted by Crippen LogP contribution is -2.45. The molecule has 0 spiro atoms. The van der Waals surface area contributed by atoms with Gasteiger partial charge in [0, 0.05) is 36.6 Å². The van der Waals surface area contributed by atoms with Gasteiger partial charge in [-0.1, -0.05) is 0 Å². The predicted molar refractivity (Wildman–Crippen MR) is 128 cm³/mol. The summed E-state index contributed by atoms with van der Waals surface area (Å²) in [5.74, 6) is 0.607. The number of aromatic nitrogens is 4. The maximum atomic E-state index is 12.6. The molecule has 0 radical (unpaired) electrons. The molecule has 2 aromatic carbocycles. The Morgan fingerprint density at radius 1 is 1.00 bits per heavy atom. The zero-order valence-electron chi connectivity index (χ0n) is 19.7. The molecule has 0 bridgehead atoms. The minimum Gasteiger partial charge on any atom is -0.378 e. The van der Waals surface area contributed by atoms with Crippen molar-refractivity contribution in [2.45, 2.75) is 31.2 Å². The molecule has 0 unspecified atom stereocenters. The van der Waals surface area contributed by atoms with Gasteiger partial charge in [-0.3, -0.25) is 4.79 Å². The van der Waals surface area contributed by atoms with Gasteiger partial charge in [0.25, 0.3) is 0 Å². The Balaban J connectivity index is 1.24. The van der Waals surface area contributed by atoms with Crippen molar-refractivity contribution in [2.24, 2.45) is 0 Å². The first-order valence-electron chi connectivity index (χ1n) is 11.4. The number of benzene rings is 2. The quantitative estimate of drug-likeness (QED) is 0.518. The highest BCUT2D eigenvalue weighted by Crippen LogP contribution is 2.36. The Morgan fingerprint density at radius 2 is 1.71 bits per heavy atom. The molecule has 182 valence electrons. The average Bonchev–Trinajstić information content (AvgIpc) is 3.57. The van der Waals surface area contributed by atoms with Crippen molar-refractivity contribution < 1.29 is 19.1 Å². The van der Waals surface area contributed by atoms with Gasteiger partial charge in [-0.05, 0) is 65.9 Å². The van der Waals surface area contributed by atoms with Crippen LogP contribution < -0.4 is 15.5 Å². The monoisotopic (exact) mass is 477 g/mol. The Hall–Kier alpha value is -3.83. The first-order valence-corrected chi connectivity index (χ1v) is 11.4. The molecule has 5 rings (SSSR count). The van der Waals surface area contributed by atoms with E-state index in [1.807, 2.05) is 43.3 Å². The molecule has 2 fully saturated rings. The number of carbonyl (C=O) groups excluding carboxylic acids is 2. The number of rotatable bonds is 6. The minimum absolute atomic E-state index is 0.0283. The zero-order valence-corrected chi connectivity index (χ0v) is 19.7. The van der Waals surface area contributed by atoms with Crippen LogP contribution in [0.3, 0.4) is 0 Å². The van der Waals surface area contributed by atoms with E-state index in [1.54, 1.807) is 28.9 Å². The van der Waals surface area contributed by atoms with Crippen molar-refractivity contribution in [3.05, 3.63) is 54.1 Å². The molecule has 4 atom stereocenters. The lowest BCUT2D eigenvalue weighted by atomic mass is 10.1. The Labute approximate surface area is 202 Å². The zero-order chi connectivity index (χ0) is 24.5. The van der Waals surface area contributed by atoms with Crippen molar-refractivity contribution in [3.8, 4) is 11.4 Å². The van der Waals surface area contributed by atoms with Gasteiger partial charge < -0.3 is 25.0 Å². The lowest BCUT2D eigenvalue weighted by molar-refractivity contribution is 0.0624. The highest BCUT2D eigenvalue weighted by molar-refractivity contribution is 5.95. The lowest BCUT2D eigenvalue weighted by Gasteiger charge is -2.18. The van der Waals surface area contributed by atoms with E-state index in [9.17, 15) is 9.59 Å². The highest BCUT2D eigenvalue weighted by atomic mass is 16.6. The molecular formula is C24H27N7O4. The van der Waals surface area contributed by atoms with Gasteiger partial charge >= 0.3 is 6.03 Å². The van der Waals surface area contributed by atoms with Crippen LogP contribution in [0, 0.1) is 0 Å². The minimum atomic E-state index is -0.369. The smallest absolute Gasteiger partial charge is 0.319 e. The van der Waals surface area contributed by atoms with E-state index in [0.29, 0.717) is 30.3 Å². The number of Topliss-reactive ketones (excluding diaryl/α,β-unsaturated/α-hetero) is 1. The van der Waals surface area contributed by atoms with Crippen LogP contribution in [-0.2, 0) is 9.47 Å². The number of anilines is 2. The van der Waals surface area contributed by atoms with Crippen LogP contribution in [0.1, 0.15) is 23.3 Å². The fourth-order valence-corrected chi connectivity index (χ4v) is 4.45. The number of fused-ring (bicyclic) bond motifs is 1. The average molecular weight is 478 g/mol. The molecule has 2 aliphatic rings. The van der Waals surface area contributed by atoms with Crippen molar-refractivity contribution in [1.82, 2.24) is 25.5 Å². The van der Waals surface area contributed by atoms with Crippen LogP contribution in [0.2, 0.25) is 0 Å². The molecule has 35 heavy (non-hydrogen) atoms. The third kappa shape index (κ3) is 4.60. The third-order valence-electron chi connectivity index (χ3n) is 6.34. The molecule has 2 N–H and O–H groups in total. The number of nitrogens with zero attached hydrogens (tertiary/aromatic N) is 5. The summed E-state index contributed by atoms with van der Waals surface area (Å²) < 4.78 is 13.8. The standard InChI is InChI=1S/C24H27N7O4/c1-14(32)15-4-8-17(9-5-15)25-24(33)26-19-12-34-22-20(13-35-21(19)22)31-23(27-28-29-31)16-6-10-18(11-7-16)30(2)3/h4-11,19-22H,12-13H2,1-3H3,(H2,25,26,33)/t19-,20-,21+,22+/m0/s1. The van der Waals surface area contributed by atoms with Crippen LogP contribution in [0.5, 0.6) is 0 Å². The number of tetrazole rings is 1. The van der Waals surface area contributed by atoms with E-state index in [4.69, 9.17) is 9.47 Å². The van der Waals surface area contributed by atoms with Crippen LogP contribution in [0.25, 0.3) is 11.4 Å². The maximum absolute atomic E-state index is 12.6. The SMILES string of the molecule is CC(=O)c1ccc(NC(=O)N[C@H]2CO[C@H]3[C@@H]2OC[C@@H]3n2nnnc2-c2ccc(N(C)C)cc2)cc1. The molecule has 2 aliphatic heterocycles. The predicted octanol–water partition coefficient (Wildman–Crippen LogP) is 2.14. The Kier molecular flexibility index (Phi) is 6.18. The molecule has 11 heteroatoms. The Morgan fingerprint density at radius 3 is 2.40 bits per heavy atom. The summed E-state index contributed by atoms with van der Waals surface area (Å²) in [6, 6.07) is 13.8. The number of ether oxygens (including phenoxy) is 2. The van der Waals surface area contributed by atoms with Gasteiger partial charge in [-0.15, -0.1) is 5.10 Å². The summed E-state index contributed by atoms with van der Waals surface area (Å²) >= 11 is 0. The van der Waals surface area contributed by atoms with Gasteiger partial charge in [0.1, 0.15) is 18.2 Å². The fraction of sp³-hybridized carbons (Fsp3) is 0.375. The van der Waals surface area contributed by atoms with Gasteiger partial charge in [0.2, 0.25) is 0 Å². The molecule has 2 amide bonds. The van der Waals surface area contributed by atoms with Crippen molar-refractivity contribution in [1.29, 1.82) is 0 Å². The van der Waals surface area contributed by atoms with E-state index in [1.165, 1.54) is 6.92 Å². The molecule has 3 heterocycles. The van der Waals surface area contributed by atoms with E-state index in [2.05, 4.69) is 26.2 Å². The maximum Gasteiger partial charge on any atom is 0.319 e. The van der Waals surface area contributed by atoms with Crippen molar-refractivity contribution >= 4 is 23.2 Å². The summed E-state index contributed by atoms with van der Waals surface area (Å²) in [6.45, 7) is 2.19. The summed E-state index contributed by atoms with van der Waals surface area (Å²) in [6.07, 6.45) is -0.613. The van der Waals surface area contributed by atoms with Gasteiger partial charge in [0.05, 0.1) is 19.3 Å². The van der Waals surface area contributed by atoms with Crippen LogP contribution >= 0.6 is 0 Å². The first kappa shape index (κ1) is 22.9.